The molecule has 138 valence electrons. The number of anilines is 1. The second kappa shape index (κ2) is 8.97. The Hall–Kier alpha value is -3.44. The van der Waals surface area contributed by atoms with Crippen LogP contribution in [0.25, 0.3) is 11.3 Å². The molecule has 1 heterocycles. The predicted octanol–water partition coefficient (Wildman–Crippen LogP) is 5.84. The van der Waals surface area contributed by atoms with E-state index in [9.17, 15) is 0 Å². The van der Waals surface area contributed by atoms with Gasteiger partial charge in [0.25, 0.3) is 0 Å². The largest absolute Gasteiger partial charge is 0.489 e. The lowest BCUT2D eigenvalue weighted by molar-refractivity contribution is 0.306. The third-order valence-electron chi connectivity index (χ3n) is 4.08. The third-order valence-corrected chi connectivity index (χ3v) is 4.82. The van der Waals surface area contributed by atoms with Crippen LogP contribution in [0.3, 0.4) is 0 Å². The van der Waals surface area contributed by atoms with Gasteiger partial charge in [-0.2, -0.15) is 5.10 Å². The summed E-state index contributed by atoms with van der Waals surface area (Å²) >= 11 is 1.53. The molecular weight excluding hydrogens is 366 g/mol. The molecule has 0 spiro atoms. The highest BCUT2D eigenvalue weighted by atomic mass is 32.1. The minimum atomic E-state index is 0.559. The first-order valence-corrected chi connectivity index (χ1v) is 9.81. The van der Waals surface area contributed by atoms with Crippen LogP contribution in [0.15, 0.2) is 95.4 Å². The smallest absolute Gasteiger partial charge is 0.203 e. The monoisotopic (exact) mass is 385 g/mol. The molecule has 0 radical (unpaired) electrons. The molecule has 0 fully saturated rings. The molecule has 4 nitrogen and oxygen atoms in total. The van der Waals surface area contributed by atoms with Crippen molar-refractivity contribution in [1.82, 2.24) is 4.98 Å². The van der Waals surface area contributed by atoms with Crippen LogP contribution < -0.4 is 10.2 Å². The molecule has 4 aromatic rings. The standard InChI is InChI=1S/C23H19N3OS/c1-3-7-19(8-4-1)16-27-21-13-11-18(12-14-21)15-24-26-23-25-22(17-28-23)20-9-5-2-6-10-20/h1-15,17H,16H2,(H,25,26)/b24-15-. The van der Waals surface area contributed by atoms with Crippen LogP contribution in [0.5, 0.6) is 5.75 Å². The van der Waals surface area contributed by atoms with E-state index >= 15 is 0 Å². The van der Waals surface area contributed by atoms with E-state index < -0.39 is 0 Å². The van der Waals surface area contributed by atoms with Gasteiger partial charge in [0, 0.05) is 10.9 Å². The summed E-state index contributed by atoms with van der Waals surface area (Å²) in [5.41, 5.74) is 7.17. The van der Waals surface area contributed by atoms with E-state index in [1.165, 1.54) is 11.3 Å². The Labute approximate surface area is 168 Å². The quantitative estimate of drug-likeness (QED) is 0.321. The van der Waals surface area contributed by atoms with Crippen LogP contribution in [-0.4, -0.2) is 11.2 Å². The number of thiazole rings is 1. The number of nitrogens with one attached hydrogen (secondary N) is 1. The zero-order valence-electron chi connectivity index (χ0n) is 15.2. The molecule has 0 saturated carbocycles. The van der Waals surface area contributed by atoms with Gasteiger partial charge in [-0.1, -0.05) is 60.7 Å². The van der Waals surface area contributed by atoms with E-state index in [4.69, 9.17) is 4.74 Å². The third kappa shape index (κ3) is 4.84. The molecule has 0 atom stereocenters. The Balaban J connectivity index is 1.31. The Morgan fingerprint density at radius 3 is 2.36 bits per heavy atom. The Bertz CT molecular complexity index is 1030. The number of ether oxygens (including phenoxy) is 1. The van der Waals surface area contributed by atoms with Gasteiger partial charge in [-0.3, -0.25) is 5.43 Å². The summed E-state index contributed by atoms with van der Waals surface area (Å²) in [5.74, 6) is 0.835. The molecule has 3 aromatic carbocycles. The number of nitrogens with zero attached hydrogens (tertiary/aromatic N) is 2. The molecule has 0 aliphatic carbocycles. The number of rotatable bonds is 7. The first-order valence-electron chi connectivity index (χ1n) is 8.94. The van der Waals surface area contributed by atoms with E-state index in [2.05, 4.69) is 27.6 Å². The Morgan fingerprint density at radius 1 is 0.893 bits per heavy atom. The molecule has 1 aromatic heterocycles. The maximum atomic E-state index is 5.80. The van der Waals surface area contributed by atoms with Crippen molar-refractivity contribution >= 4 is 22.7 Å². The van der Waals surface area contributed by atoms with E-state index in [1.54, 1.807) is 6.21 Å². The average Bonchev–Trinajstić information content (AvgIpc) is 3.24. The van der Waals surface area contributed by atoms with E-state index in [1.807, 2.05) is 78.2 Å². The zero-order chi connectivity index (χ0) is 19.0. The van der Waals surface area contributed by atoms with Crippen molar-refractivity contribution in [3.8, 4) is 17.0 Å². The lowest BCUT2D eigenvalue weighted by Gasteiger charge is -2.06. The summed E-state index contributed by atoms with van der Waals surface area (Å²) in [6, 6.07) is 28.1. The molecule has 5 heteroatoms. The van der Waals surface area contributed by atoms with Gasteiger partial charge in [0.05, 0.1) is 11.9 Å². The van der Waals surface area contributed by atoms with E-state index in [-0.39, 0.29) is 0 Å². The summed E-state index contributed by atoms with van der Waals surface area (Å²) in [4.78, 5) is 4.55. The normalized spacial score (nSPS) is 10.9. The van der Waals surface area contributed by atoms with Crippen molar-refractivity contribution < 1.29 is 4.74 Å². The maximum absolute atomic E-state index is 5.80. The van der Waals surface area contributed by atoms with Crippen LogP contribution in [0, 0.1) is 0 Å². The van der Waals surface area contributed by atoms with Gasteiger partial charge in [0.2, 0.25) is 5.13 Å². The van der Waals surface area contributed by atoms with E-state index in [0.29, 0.717) is 6.61 Å². The van der Waals surface area contributed by atoms with Gasteiger partial charge in [0.1, 0.15) is 12.4 Å². The number of hydrazone groups is 1. The van der Waals surface area contributed by atoms with Gasteiger partial charge in [0.15, 0.2) is 0 Å². The summed E-state index contributed by atoms with van der Waals surface area (Å²) in [6.07, 6.45) is 1.77. The lowest BCUT2D eigenvalue weighted by atomic mass is 10.2. The van der Waals surface area contributed by atoms with Gasteiger partial charge in [-0.25, -0.2) is 4.98 Å². The highest BCUT2D eigenvalue weighted by Crippen LogP contribution is 2.24. The highest BCUT2D eigenvalue weighted by Gasteiger charge is 2.02. The van der Waals surface area contributed by atoms with Crippen LogP contribution >= 0.6 is 11.3 Å². The molecule has 0 bridgehead atoms. The zero-order valence-corrected chi connectivity index (χ0v) is 16.0. The molecule has 28 heavy (non-hydrogen) atoms. The number of hydrogen-bond acceptors (Lipinski definition) is 5. The van der Waals surface area contributed by atoms with Crippen LogP contribution in [0.1, 0.15) is 11.1 Å². The molecule has 0 aliphatic rings. The first kappa shape index (κ1) is 17.9. The highest BCUT2D eigenvalue weighted by molar-refractivity contribution is 7.14. The van der Waals surface area contributed by atoms with Gasteiger partial charge >= 0.3 is 0 Å². The summed E-state index contributed by atoms with van der Waals surface area (Å²) < 4.78 is 5.80. The second-order valence-corrected chi connectivity index (χ2v) is 6.98. The fourth-order valence-corrected chi connectivity index (χ4v) is 3.29. The molecule has 0 amide bonds. The molecule has 0 aliphatic heterocycles. The van der Waals surface area contributed by atoms with Crippen LogP contribution in [0.4, 0.5) is 5.13 Å². The van der Waals surface area contributed by atoms with Crippen molar-refractivity contribution in [2.24, 2.45) is 5.10 Å². The minimum absolute atomic E-state index is 0.559. The molecule has 1 N–H and O–H groups in total. The predicted molar refractivity (Wildman–Crippen MR) is 116 cm³/mol. The number of aromatic nitrogens is 1. The van der Waals surface area contributed by atoms with Crippen LogP contribution in [-0.2, 0) is 6.61 Å². The van der Waals surface area contributed by atoms with Crippen molar-refractivity contribution in [1.29, 1.82) is 0 Å². The van der Waals surface area contributed by atoms with Gasteiger partial charge in [-0.15, -0.1) is 11.3 Å². The molecule has 0 saturated heterocycles. The lowest BCUT2D eigenvalue weighted by Crippen LogP contribution is -1.95. The van der Waals surface area contributed by atoms with Crippen molar-refractivity contribution in [2.75, 3.05) is 5.43 Å². The molecule has 4 rings (SSSR count). The van der Waals surface area contributed by atoms with Crippen LogP contribution in [0.2, 0.25) is 0 Å². The Morgan fingerprint density at radius 2 is 1.61 bits per heavy atom. The average molecular weight is 385 g/mol. The topological polar surface area (TPSA) is 46.5 Å². The van der Waals surface area contributed by atoms with Crippen molar-refractivity contribution in [3.63, 3.8) is 0 Å². The van der Waals surface area contributed by atoms with E-state index in [0.717, 1.165) is 33.3 Å². The Kier molecular flexibility index (Phi) is 5.75. The number of benzene rings is 3. The molecule has 0 unspecified atom stereocenters. The summed E-state index contributed by atoms with van der Waals surface area (Å²) in [6.45, 7) is 0.559. The molecular formula is C23H19N3OS. The fraction of sp³-hybridized carbons (Fsp3) is 0.0435. The first-order chi connectivity index (χ1) is 13.9. The minimum Gasteiger partial charge on any atom is -0.489 e. The summed E-state index contributed by atoms with van der Waals surface area (Å²) in [7, 11) is 0. The SMILES string of the molecule is C(=N/Nc1nc(-c2ccccc2)cs1)/c1ccc(OCc2ccccc2)cc1. The number of hydrogen-bond donors (Lipinski definition) is 1. The van der Waals surface area contributed by atoms with Crippen molar-refractivity contribution in [3.05, 3.63) is 101 Å². The van der Waals surface area contributed by atoms with Gasteiger partial charge in [-0.05, 0) is 35.4 Å². The summed E-state index contributed by atoms with van der Waals surface area (Å²) in [5, 5.41) is 7.06. The van der Waals surface area contributed by atoms with Gasteiger partial charge < -0.3 is 4.74 Å². The van der Waals surface area contributed by atoms with Crippen molar-refractivity contribution in [2.45, 2.75) is 6.61 Å². The second-order valence-electron chi connectivity index (χ2n) is 6.12. The maximum Gasteiger partial charge on any atom is 0.203 e. The fourth-order valence-electron chi connectivity index (χ4n) is 2.62.